The van der Waals surface area contributed by atoms with Crippen molar-refractivity contribution in [2.75, 3.05) is 32.7 Å². The second kappa shape index (κ2) is 10.4. The van der Waals surface area contributed by atoms with Crippen molar-refractivity contribution < 1.29 is 18.5 Å². The van der Waals surface area contributed by atoms with Crippen LogP contribution in [0.15, 0.2) is 30.3 Å². The summed E-state index contributed by atoms with van der Waals surface area (Å²) in [5.74, 6) is 0.166. The van der Waals surface area contributed by atoms with Gasteiger partial charge in [0.05, 0.1) is 11.8 Å². The minimum absolute atomic E-state index is 0.0250. The maximum atomic E-state index is 12.6. The van der Waals surface area contributed by atoms with Crippen molar-refractivity contribution in [1.29, 1.82) is 0 Å². The number of amides is 1. The highest BCUT2D eigenvalue weighted by Crippen LogP contribution is 2.15. The minimum atomic E-state index is -3.33. The van der Waals surface area contributed by atoms with Crippen LogP contribution >= 0.6 is 0 Å². The monoisotopic (exact) mass is 408 g/mol. The molecule has 0 unspecified atom stereocenters. The second-order valence-electron chi connectivity index (χ2n) is 8.07. The molecule has 1 aliphatic heterocycles. The minimum Gasteiger partial charge on any atom is -0.336 e. The van der Waals surface area contributed by atoms with Gasteiger partial charge in [0.15, 0.2) is 6.54 Å². The van der Waals surface area contributed by atoms with E-state index in [-0.39, 0.29) is 11.7 Å². The molecule has 2 aliphatic rings. The van der Waals surface area contributed by atoms with E-state index in [4.69, 9.17) is 0 Å². The number of nitrogens with zero attached hydrogens (tertiary/aromatic N) is 2. The van der Waals surface area contributed by atoms with E-state index < -0.39 is 10.0 Å². The van der Waals surface area contributed by atoms with E-state index in [2.05, 4.69) is 5.32 Å². The molecule has 6 nitrogen and oxygen atoms in total. The Morgan fingerprint density at radius 3 is 2.18 bits per heavy atom. The van der Waals surface area contributed by atoms with Gasteiger partial charge in [0.2, 0.25) is 10.0 Å². The molecule has 0 aromatic heterocycles. The molecule has 1 amide bonds. The van der Waals surface area contributed by atoms with Crippen molar-refractivity contribution in [2.24, 2.45) is 0 Å². The van der Waals surface area contributed by atoms with Crippen molar-refractivity contribution in [3.8, 4) is 0 Å². The Labute approximate surface area is 169 Å². The van der Waals surface area contributed by atoms with E-state index in [1.807, 2.05) is 35.2 Å². The third-order valence-corrected chi connectivity index (χ3v) is 7.80. The molecule has 1 aromatic carbocycles. The molecule has 0 radical (unpaired) electrons. The van der Waals surface area contributed by atoms with E-state index in [1.54, 1.807) is 0 Å². The summed E-state index contributed by atoms with van der Waals surface area (Å²) in [6.07, 6.45) is 8.94. The van der Waals surface area contributed by atoms with Crippen LogP contribution in [0.2, 0.25) is 0 Å². The van der Waals surface area contributed by atoms with Gasteiger partial charge in [-0.25, -0.2) is 8.42 Å². The molecule has 1 aliphatic carbocycles. The lowest BCUT2D eigenvalue weighted by atomic mass is 9.97. The first-order valence-corrected chi connectivity index (χ1v) is 12.3. The molecule has 0 atom stereocenters. The van der Waals surface area contributed by atoms with Crippen LogP contribution in [-0.2, 0) is 20.6 Å². The smallest absolute Gasteiger partial charge is 0.277 e. The molecular weight excluding hydrogens is 374 g/mol. The number of piperazine rings is 1. The van der Waals surface area contributed by atoms with Gasteiger partial charge in [-0.1, -0.05) is 49.6 Å². The predicted molar refractivity (Wildman–Crippen MR) is 110 cm³/mol. The van der Waals surface area contributed by atoms with Crippen molar-refractivity contribution >= 4 is 15.9 Å². The summed E-state index contributed by atoms with van der Waals surface area (Å²) in [4.78, 5) is 14.4. The fraction of sp³-hybridized carbons (Fsp3) is 0.667. The van der Waals surface area contributed by atoms with Gasteiger partial charge in [0.1, 0.15) is 0 Å². The normalized spacial score (nSPS) is 20.5. The summed E-state index contributed by atoms with van der Waals surface area (Å²) in [5, 5.41) is 2.21. The summed E-state index contributed by atoms with van der Waals surface area (Å²) in [7, 11) is -3.33. The number of hydrogen-bond acceptors (Lipinski definition) is 3. The summed E-state index contributed by atoms with van der Waals surface area (Å²) in [5.41, 5.74) is 0.801. The van der Waals surface area contributed by atoms with Gasteiger partial charge < -0.3 is 10.2 Å². The molecule has 3 rings (SSSR count). The molecule has 28 heavy (non-hydrogen) atoms. The van der Waals surface area contributed by atoms with E-state index in [0.29, 0.717) is 38.8 Å². The molecule has 156 valence electrons. The summed E-state index contributed by atoms with van der Waals surface area (Å²) in [6, 6.07) is 9.83. The van der Waals surface area contributed by atoms with E-state index >= 15 is 0 Å². The highest BCUT2D eigenvalue weighted by molar-refractivity contribution is 7.88. The predicted octanol–water partition coefficient (Wildman–Crippen LogP) is 1.34. The molecule has 1 saturated carbocycles. The highest BCUT2D eigenvalue weighted by Gasteiger charge is 2.29. The van der Waals surface area contributed by atoms with Crippen LogP contribution < -0.4 is 5.32 Å². The van der Waals surface area contributed by atoms with E-state index in [9.17, 15) is 13.2 Å². The van der Waals surface area contributed by atoms with Crippen molar-refractivity contribution in [3.63, 3.8) is 0 Å². The SMILES string of the molecule is O=C(C[NH2+]C1CCCCCCC1)N1CCN(S(=O)(=O)Cc2ccccc2)CC1. The van der Waals surface area contributed by atoms with Gasteiger partial charge >= 0.3 is 0 Å². The van der Waals surface area contributed by atoms with Crippen molar-refractivity contribution in [1.82, 2.24) is 9.21 Å². The first kappa shape index (κ1) is 21.3. The Kier molecular flexibility index (Phi) is 7.88. The van der Waals surface area contributed by atoms with E-state index in [1.165, 1.54) is 49.3 Å². The molecule has 2 N–H and O–H groups in total. The lowest BCUT2D eigenvalue weighted by molar-refractivity contribution is -0.681. The Balaban J connectivity index is 1.43. The van der Waals surface area contributed by atoms with Crippen LogP contribution in [0.3, 0.4) is 0 Å². The summed E-state index contributed by atoms with van der Waals surface area (Å²) in [6.45, 7) is 2.26. The van der Waals surface area contributed by atoms with Gasteiger partial charge in [0.25, 0.3) is 5.91 Å². The second-order valence-corrected chi connectivity index (χ2v) is 10.0. The number of quaternary nitrogens is 1. The molecular formula is C21H34N3O3S+. The molecule has 1 aromatic rings. The lowest BCUT2D eigenvalue weighted by Crippen LogP contribution is -2.92. The first-order chi connectivity index (χ1) is 13.5. The zero-order valence-electron chi connectivity index (χ0n) is 16.8. The largest absolute Gasteiger partial charge is 0.336 e. The standard InChI is InChI=1S/C21H33N3O3S/c25-21(17-22-20-11-7-2-1-3-8-12-20)23-13-15-24(16-14-23)28(26,27)18-19-9-5-4-6-10-19/h4-6,9-10,20,22H,1-3,7-8,11-18H2/p+1. The molecule has 1 saturated heterocycles. The van der Waals surface area contributed by atoms with Crippen molar-refractivity contribution in [2.45, 2.75) is 56.7 Å². The van der Waals surface area contributed by atoms with E-state index in [0.717, 1.165) is 5.56 Å². The van der Waals surface area contributed by atoms with Crippen LogP contribution in [0.5, 0.6) is 0 Å². The number of benzene rings is 1. The first-order valence-electron chi connectivity index (χ1n) is 10.7. The third kappa shape index (κ3) is 6.29. The fourth-order valence-corrected chi connectivity index (χ4v) is 5.73. The number of carbonyl (C=O) groups excluding carboxylic acids is 1. The fourth-order valence-electron chi connectivity index (χ4n) is 4.21. The van der Waals surface area contributed by atoms with Crippen LogP contribution in [-0.4, -0.2) is 62.3 Å². The maximum absolute atomic E-state index is 12.6. The van der Waals surface area contributed by atoms with Gasteiger partial charge in [-0.05, 0) is 31.2 Å². The van der Waals surface area contributed by atoms with Crippen LogP contribution in [0, 0.1) is 0 Å². The van der Waals surface area contributed by atoms with Crippen molar-refractivity contribution in [3.05, 3.63) is 35.9 Å². The maximum Gasteiger partial charge on any atom is 0.277 e. The Hall–Kier alpha value is -1.44. The Morgan fingerprint density at radius 2 is 1.54 bits per heavy atom. The number of rotatable bonds is 6. The lowest BCUT2D eigenvalue weighted by Gasteiger charge is -2.34. The zero-order valence-corrected chi connectivity index (χ0v) is 17.6. The Bertz CT molecular complexity index is 708. The van der Waals surface area contributed by atoms with Crippen LogP contribution in [0.4, 0.5) is 0 Å². The molecule has 1 heterocycles. The van der Waals surface area contributed by atoms with Gasteiger partial charge in [-0.15, -0.1) is 0 Å². The average molecular weight is 409 g/mol. The number of nitrogens with two attached hydrogens (primary N) is 1. The molecule has 0 bridgehead atoms. The number of hydrogen-bond donors (Lipinski definition) is 1. The third-order valence-electron chi connectivity index (χ3n) is 5.95. The topological polar surface area (TPSA) is 74.3 Å². The molecule has 7 heteroatoms. The quantitative estimate of drug-likeness (QED) is 0.772. The summed E-state index contributed by atoms with van der Waals surface area (Å²) < 4.78 is 26.8. The van der Waals surface area contributed by atoms with Crippen LogP contribution in [0.1, 0.15) is 50.5 Å². The average Bonchev–Trinajstić information content (AvgIpc) is 2.67. The van der Waals surface area contributed by atoms with Crippen LogP contribution in [0.25, 0.3) is 0 Å². The highest BCUT2D eigenvalue weighted by atomic mass is 32.2. The zero-order chi connectivity index (χ0) is 19.8. The Morgan fingerprint density at radius 1 is 0.929 bits per heavy atom. The van der Waals surface area contributed by atoms with Gasteiger partial charge in [-0.3, -0.25) is 4.79 Å². The van der Waals surface area contributed by atoms with Gasteiger partial charge in [-0.2, -0.15) is 4.31 Å². The number of carbonyl (C=O) groups is 1. The van der Waals surface area contributed by atoms with Gasteiger partial charge in [0, 0.05) is 26.2 Å². The summed E-state index contributed by atoms with van der Waals surface area (Å²) >= 11 is 0. The number of sulfonamides is 1. The molecule has 0 spiro atoms. The molecule has 2 fully saturated rings.